The Morgan fingerprint density at radius 2 is 1.75 bits per heavy atom. The number of carboxylic acid groups (broad SMARTS) is 1. The van der Waals surface area contributed by atoms with Crippen LogP contribution in [0.5, 0.6) is 0 Å². The van der Waals surface area contributed by atoms with Gasteiger partial charge in [0.1, 0.15) is 5.92 Å². The molecule has 0 saturated heterocycles. The van der Waals surface area contributed by atoms with Crippen LogP contribution in [0.25, 0.3) is 0 Å². The fourth-order valence-electron chi connectivity index (χ4n) is 1.57. The molecule has 0 spiro atoms. The Hall–Kier alpha value is -2.61. The smallest absolute Gasteiger partial charge is 0.316 e. The third kappa shape index (κ3) is 4.58. The van der Waals surface area contributed by atoms with Gasteiger partial charge in [0.15, 0.2) is 0 Å². The first-order chi connectivity index (χ1) is 9.41. The first kappa shape index (κ1) is 15.4. The number of carbonyl (C=O) groups is 3. The molecule has 0 fully saturated rings. The molecule has 1 aromatic rings. The minimum absolute atomic E-state index is 0.414. The lowest BCUT2D eigenvalue weighted by atomic mass is 9.95. The predicted octanol–water partition coefficient (Wildman–Crippen LogP) is 1.04. The van der Waals surface area contributed by atoms with Gasteiger partial charge in [-0.25, -0.2) is 0 Å². The van der Waals surface area contributed by atoms with E-state index in [1.807, 2.05) is 11.4 Å². The van der Waals surface area contributed by atoms with Gasteiger partial charge in [0, 0.05) is 11.5 Å². The summed E-state index contributed by atoms with van der Waals surface area (Å²) in [5.41, 5.74) is 0.633. The highest BCUT2D eigenvalue weighted by Crippen LogP contribution is 2.10. The van der Waals surface area contributed by atoms with Crippen molar-refractivity contribution in [1.82, 2.24) is 5.32 Å². The standard InChI is InChI=1S/C15H15NO4/c1-10(2)13(15(19)20)14(18)16-12(17)9-8-11-6-4-3-5-7-11/h3-7,10,13H,1-2H3,(H,19,20)(H,16,17,18). The third-order valence-corrected chi connectivity index (χ3v) is 2.55. The van der Waals surface area contributed by atoms with Gasteiger partial charge in [-0.1, -0.05) is 38.0 Å². The fourth-order valence-corrected chi connectivity index (χ4v) is 1.57. The lowest BCUT2D eigenvalue weighted by Crippen LogP contribution is -2.40. The topological polar surface area (TPSA) is 83.5 Å². The first-order valence-electron chi connectivity index (χ1n) is 6.06. The van der Waals surface area contributed by atoms with Crippen LogP contribution in [0.2, 0.25) is 0 Å². The van der Waals surface area contributed by atoms with Gasteiger partial charge in [0.2, 0.25) is 5.91 Å². The molecule has 0 bridgehead atoms. The quantitative estimate of drug-likeness (QED) is 0.636. The van der Waals surface area contributed by atoms with E-state index in [0.29, 0.717) is 5.56 Å². The van der Waals surface area contributed by atoms with E-state index in [4.69, 9.17) is 5.11 Å². The predicted molar refractivity (Wildman–Crippen MR) is 72.4 cm³/mol. The van der Waals surface area contributed by atoms with E-state index in [1.54, 1.807) is 38.1 Å². The zero-order valence-corrected chi connectivity index (χ0v) is 11.2. The van der Waals surface area contributed by atoms with Gasteiger partial charge < -0.3 is 5.11 Å². The van der Waals surface area contributed by atoms with E-state index >= 15 is 0 Å². The second-order valence-corrected chi connectivity index (χ2v) is 4.49. The first-order valence-corrected chi connectivity index (χ1v) is 6.06. The van der Waals surface area contributed by atoms with E-state index in [1.165, 1.54) is 0 Å². The molecule has 0 aliphatic rings. The SMILES string of the molecule is CC(C)C(C(=O)O)C(=O)NC(=O)C#Cc1ccccc1. The van der Waals surface area contributed by atoms with E-state index in [0.717, 1.165) is 0 Å². The number of carbonyl (C=O) groups excluding carboxylic acids is 2. The van der Waals surface area contributed by atoms with Gasteiger partial charge in [0.25, 0.3) is 0 Å². The molecule has 0 aromatic heterocycles. The maximum Gasteiger partial charge on any atom is 0.316 e. The number of rotatable bonds is 3. The molecular formula is C15H15NO4. The molecule has 1 rings (SSSR count). The van der Waals surface area contributed by atoms with Crippen LogP contribution in [-0.4, -0.2) is 22.9 Å². The molecule has 5 nitrogen and oxygen atoms in total. The van der Waals surface area contributed by atoms with Crippen molar-refractivity contribution in [2.45, 2.75) is 13.8 Å². The third-order valence-electron chi connectivity index (χ3n) is 2.55. The van der Waals surface area contributed by atoms with Crippen LogP contribution in [-0.2, 0) is 14.4 Å². The number of benzene rings is 1. The lowest BCUT2D eigenvalue weighted by molar-refractivity contribution is -0.149. The highest BCUT2D eigenvalue weighted by Gasteiger charge is 2.30. The second kappa shape index (κ2) is 7.10. The summed E-state index contributed by atoms with van der Waals surface area (Å²) in [4.78, 5) is 34.1. The Labute approximate surface area is 117 Å². The largest absolute Gasteiger partial charge is 0.481 e. The van der Waals surface area contributed by atoms with Crippen LogP contribution in [0.1, 0.15) is 19.4 Å². The van der Waals surface area contributed by atoms with Crippen LogP contribution >= 0.6 is 0 Å². The average molecular weight is 273 g/mol. The molecule has 0 aliphatic heterocycles. The molecule has 0 saturated carbocycles. The highest BCUT2D eigenvalue weighted by atomic mass is 16.4. The molecule has 104 valence electrons. The van der Waals surface area contributed by atoms with Crippen molar-refractivity contribution < 1.29 is 19.5 Å². The number of imide groups is 1. The minimum atomic E-state index is -1.27. The molecule has 2 N–H and O–H groups in total. The molecule has 5 heteroatoms. The fraction of sp³-hybridized carbons (Fsp3) is 0.267. The molecule has 1 aromatic carbocycles. The Bertz CT molecular complexity index is 567. The highest BCUT2D eigenvalue weighted by molar-refractivity contribution is 6.09. The van der Waals surface area contributed by atoms with E-state index in [2.05, 4.69) is 11.8 Å². The van der Waals surface area contributed by atoms with Crippen molar-refractivity contribution in [3.8, 4) is 11.8 Å². The van der Waals surface area contributed by atoms with Gasteiger partial charge >= 0.3 is 11.9 Å². The van der Waals surface area contributed by atoms with Crippen molar-refractivity contribution in [2.24, 2.45) is 11.8 Å². The van der Waals surface area contributed by atoms with Gasteiger partial charge in [0.05, 0.1) is 0 Å². The Balaban J connectivity index is 2.69. The van der Waals surface area contributed by atoms with Gasteiger partial charge in [-0.3, -0.25) is 19.7 Å². The van der Waals surface area contributed by atoms with Crippen LogP contribution < -0.4 is 5.32 Å². The monoisotopic (exact) mass is 273 g/mol. The number of aliphatic carboxylic acids is 1. The summed E-state index contributed by atoms with van der Waals surface area (Å²) in [5, 5.41) is 10.9. The maximum atomic E-state index is 11.7. The molecule has 2 amide bonds. The van der Waals surface area contributed by atoms with Crippen LogP contribution in [0, 0.1) is 23.7 Å². The van der Waals surface area contributed by atoms with Crippen LogP contribution in [0.15, 0.2) is 30.3 Å². The molecule has 0 aliphatic carbocycles. The Kier molecular flexibility index (Phi) is 5.48. The van der Waals surface area contributed by atoms with Crippen LogP contribution in [0.4, 0.5) is 0 Å². The van der Waals surface area contributed by atoms with Crippen molar-refractivity contribution in [2.75, 3.05) is 0 Å². The number of carboxylic acids is 1. The molecule has 1 atom stereocenters. The summed E-state index contributed by atoms with van der Waals surface area (Å²) >= 11 is 0. The summed E-state index contributed by atoms with van der Waals surface area (Å²) < 4.78 is 0. The number of hydrogen-bond acceptors (Lipinski definition) is 3. The average Bonchev–Trinajstić information content (AvgIpc) is 2.36. The summed E-state index contributed by atoms with van der Waals surface area (Å²) in [6, 6.07) is 8.79. The Morgan fingerprint density at radius 3 is 2.25 bits per heavy atom. The number of nitrogens with one attached hydrogen (secondary N) is 1. The van der Waals surface area contributed by atoms with Crippen LogP contribution in [0.3, 0.4) is 0 Å². The van der Waals surface area contributed by atoms with Gasteiger partial charge in [-0.2, -0.15) is 0 Å². The van der Waals surface area contributed by atoms with E-state index < -0.39 is 29.6 Å². The van der Waals surface area contributed by atoms with Gasteiger partial charge in [-0.15, -0.1) is 0 Å². The summed E-state index contributed by atoms with van der Waals surface area (Å²) in [6.07, 6.45) is 0. The zero-order chi connectivity index (χ0) is 15.1. The molecule has 0 radical (unpaired) electrons. The van der Waals surface area contributed by atoms with E-state index in [-0.39, 0.29) is 0 Å². The normalized spacial score (nSPS) is 11.2. The molecule has 0 heterocycles. The van der Waals surface area contributed by atoms with Gasteiger partial charge in [-0.05, 0) is 18.1 Å². The van der Waals surface area contributed by atoms with Crippen molar-refractivity contribution in [3.05, 3.63) is 35.9 Å². The second-order valence-electron chi connectivity index (χ2n) is 4.49. The maximum absolute atomic E-state index is 11.7. The summed E-state index contributed by atoms with van der Waals surface area (Å²) in [7, 11) is 0. The summed E-state index contributed by atoms with van der Waals surface area (Å²) in [6.45, 7) is 3.19. The minimum Gasteiger partial charge on any atom is -0.481 e. The zero-order valence-electron chi connectivity index (χ0n) is 11.2. The number of hydrogen-bond donors (Lipinski definition) is 2. The number of amides is 2. The molecular weight excluding hydrogens is 258 g/mol. The molecule has 1 unspecified atom stereocenters. The van der Waals surface area contributed by atoms with E-state index in [9.17, 15) is 14.4 Å². The lowest BCUT2D eigenvalue weighted by Gasteiger charge is -2.13. The van der Waals surface area contributed by atoms with Crippen molar-refractivity contribution in [3.63, 3.8) is 0 Å². The van der Waals surface area contributed by atoms with Crippen molar-refractivity contribution in [1.29, 1.82) is 0 Å². The summed E-state index contributed by atoms with van der Waals surface area (Å²) in [5.74, 6) is 0.229. The Morgan fingerprint density at radius 1 is 1.15 bits per heavy atom. The molecule has 20 heavy (non-hydrogen) atoms. The van der Waals surface area contributed by atoms with Crippen molar-refractivity contribution >= 4 is 17.8 Å².